The molecule has 3 rings (SSSR count). The molecule has 6 heteroatoms. The molecule has 2 unspecified atom stereocenters. The highest BCUT2D eigenvalue weighted by molar-refractivity contribution is 5.79. The first kappa shape index (κ1) is 17.6. The van der Waals surface area contributed by atoms with Crippen molar-refractivity contribution < 1.29 is 23.8 Å². The number of likely N-dealkylation sites (tertiary alicyclic amines) is 1. The molecule has 0 aliphatic carbocycles. The van der Waals surface area contributed by atoms with Gasteiger partial charge in [0.2, 0.25) is 12.7 Å². The summed E-state index contributed by atoms with van der Waals surface area (Å²) in [6, 6.07) is 5.61. The van der Waals surface area contributed by atoms with Crippen molar-refractivity contribution in [2.24, 2.45) is 5.92 Å². The van der Waals surface area contributed by atoms with Crippen LogP contribution in [0.25, 0.3) is 0 Å². The van der Waals surface area contributed by atoms with Gasteiger partial charge in [-0.25, -0.2) is 0 Å². The van der Waals surface area contributed by atoms with E-state index in [2.05, 4.69) is 0 Å². The molecule has 0 N–H and O–H groups in total. The van der Waals surface area contributed by atoms with Gasteiger partial charge in [0.05, 0.1) is 12.5 Å². The Balaban J connectivity index is 1.84. The van der Waals surface area contributed by atoms with Gasteiger partial charge in [-0.1, -0.05) is 13.0 Å². The highest BCUT2D eigenvalue weighted by Crippen LogP contribution is 2.35. The third-order valence-electron chi connectivity index (χ3n) is 4.87. The number of amides is 1. The zero-order chi connectivity index (χ0) is 17.8. The second-order valence-corrected chi connectivity index (χ2v) is 6.40. The summed E-state index contributed by atoms with van der Waals surface area (Å²) < 4.78 is 16.1. The van der Waals surface area contributed by atoms with Gasteiger partial charge in [0.1, 0.15) is 0 Å². The SMILES string of the molecule is CCOC(=O)C1CCCN(C(=O)CC)C1Cc1ccc2c(c1)OCO2. The maximum Gasteiger partial charge on any atom is 0.311 e. The van der Waals surface area contributed by atoms with Crippen molar-refractivity contribution in [3.63, 3.8) is 0 Å². The molecule has 2 heterocycles. The van der Waals surface area contributed by atoms with Crippen LogP contribution in [0.3, 0.4) is 0 Å². The van der Waals surface area contributed by atoms with Crippen molar-refractivity contribution in [1.82, 2.24) is 4.90 Å². The summed E-state index contributed by atoms with van der Waals surface area (Å²) in [6.45, 7) is 4.94. The van der Waals surface area contributed by atoms with E-state index >= 15 is 0 Å². The lowest BCUT2D eigenvalue weighted by Crippen LogP contribution is -2.52. The fourth-order valence-corrected chi connectivity index (χ4v) is 3.66. The molecule has 0 saturated carbocycles. The van der Waals surface area contributed by atoms with Gasteiger partial charge in [0.15, 0.2) is 11.5 Å². The van der Waals surface area contributed by atoms with E-state index in [0.29, 0.717) is 26.0 Å². The molecule has 136 valence electrons. The van der Waals surface area contributed by atoms with Gasteiger partial charge in [0, 0.05) is 19.0 Å². The molecule has 25 heavy (non-hydrogen) atoms. The Labute approximate surface area is 148 Å². The molecule has 2 atom stereocenters. The third kappa shape index (κ3) is 3.72. The van der Waals surface area contributed by atoms with Crippen LogP contribution in [-0.2, 0) is 20.7 Å². The quantitative estimate of drug-likeness (QED) is 0.766. The first-order valence-corrected chi connectivity index (χ1v) is 8.98. The van der Waals surface area contributed by atoms with Gasteiger partial charge in [-0.05, 0) is 43.9 Å². The first-order chi connectivity index (χ1) is 12.1. The number of piperidine rings is 1. The van der Waals surface area contributed by atoms with Crippen LogP contribution >= 0.6 is 0 Å². The Morgan fingerprint density at radius 1 is 1.24 bits per heavy atom. The number of hydrogen-bond donors (Lipinski definition) is 0. The topological polar surface area (TPSA) is 65.1 Å². The molecule has 0 spiro atoms. The van der Waals surface area contributed by atoms with Crippen molar-refractivity contribution in [1.29, 1.82) is 0 Å². The Morgan fingerprint density at radius 2 is 2.04 bits per heavy atom. The number of esters is 1. The molecule has 1 fully saturated rings. The van der Waals surface area contributed by atoms with E-state index in [9.17, 15) is 9.59 Å². The highest BCUT2D eigenvalue weighted by atomic mass is 16.7. The molecule has 0 aromatic heterocycles. The molecular formula is C19H25NO5. The first-order valence-electron chi connectivity index (χ1n) is 8.98. The average molecular weight is 347 g/mol. The van der Waals surface area contributed by atoms with E-state index in [0.717, 1.165) is 29.9 Å². The molecule has 6 nitrogen and oxygen atoms in total. The van der Waals surface area contributed by atoms with E-state index in [1.165, 1.54) is 0 Å². The van der Waals surface area contributed by atoms with E-state index in [1.54, 1.807) is 0 Å². The van der Waals surface area contributed by atoms with Crippen LogP contribution in [0.1, 0.15) is 38.7 Å². The van der Waals surface area contributed by atoms with Crippen LogP contribution in [0, 0.1) is 5.92 Å². The monoisotopic (exact) mass is 347 g/mol. The molecular weight excluding hydrogens is 322 g/mol. The Hall–Kier alpha value is -2.24. The zero-order valence-electron chi connectivity index (χ0n) is 14.8. The highest BCUT2D eigenvalue weighted by Gasteiger charge is 2.38. The fraction of sp³-hybridized carbons (Fsp3) is 0.579. The summed E-state index contributed by atoms with van der Waals surface area (Å²) in [5.74, 6) is 1.04. The number of carbonyl (C=O) groups is 2. The second kappa shape index (κ2) is 7.76. The number of fused-ring (bicyclic) bond motifs is 1. The number of benzene rings is 1. The van der Waals surface area contributed by atoms with Gasteiger partial charge in [-0.3, -0.25) is 9.59 Å². The number of hydrogen-bond acceptors (Lipinski definition) is 5. The lowest BCUT2D eigenvalue weighted by atomic mass is 9.85. The minimum atomic E-state index is -0.283. The average Bonchev–Trinajstić information content (AvgIpc) is 3.09. The van der Waals surface area contributed by atoms with Crippen LogP contribution in [0.4, 0.5) is 0 Å². The minimum absolute atomic E-state index is 0.0831. The van der Waals surface area contributed by atoms with Crippen molar-refractivity contribution in [2.75, 3.05) is 19.9 Å². The zero-order valence-corrected chi connectivity index (χ0v) is 14.8. The predicted molar refractivity (Wildman–Crippen MR) is 91.4 cm³/mol. The number of carbonyl (C=O) groups excluding carboxylic acids is 2. The van der Waals surface area contributed by atoms with Gasteiger partial charge in [-0.2, -0.15) is 0 Å². The van der Waals surface area contributed by atoms with Crippen LogP contribution in [0.5, 0.6) is 11.5 Å². The summed E-state index contributed by atoms with van der Waals surface area (Å²) in [4.78, 5) is 26.7. The van der Waals surface area contributed by atoms with Crippen molar-refractivity contribution in [3.05, 3.63) is 23.8 Å². The van der Waals surface area contributed by atoms with E-state index in [1.807, 2.05) is 36.9 Å². The van der Waals surface area contributed by atoms with Crippen LogP contribution in [0.2, 0.25) is 0 Å². The van der Waals surface area contributed by atoms with Crippen molar-refractivity contribution in [2.45, 2.75) is 45.6 Å². The fourth-order valence-electron chi connectivity index (χ4n) is 3.66. The third-order valence-corrected chi connectivity index (χ3v) is 4.87. The molecule has 0 radical (unpaired) electrons. The van der Waals surface area contributed by atoms with Crippen LogP contribution in [-0.4, -0.2) is 42.8 Å². The molecule has 1 saturated heterocycles. The standard InChI is InChI=1S/C19H25NO5/c1-3-18(21)20-9-5-6-14(19(22)23-4-2)15(20)10-13-7-8-16-17(11-13)25-12-24-16/h7-8,11,14-15H,3-6,9-10,12H2,1-2H3. The number of nitrogens with zero attached hydrogens (tertiary/aromatic N) is 1. The minimum Gasteiger partial charge on any atom is -0.466 e. The second-order valence-electron chi connectivity index (χ2n) is 6.40. The van der Waals surface area contributed by atoms with Gasteiger partial charge in [0.25, 0.3) is 0 Å². The molecule has 1 aromatic carbocycles. The normalized spacial score (nSPS) is 21.9. The summed E-state index contributed by atoms with van der Waals surface area (Å²) >= 11 is 0. The molecule has 1 amide bonds. The Bertz CT molecular complexity index is 645. The molecule has 0 bridgehead atoms. The van der Waals surface area contributed by atoms with Gasteiger partial charge < -0.3 is 19.1 Å². The van der Waals surface area contributed by atoms with Gasteiger partial charge >= 0.3 is 5.97 Å². The summed E-state index contributed by atoms with van der Waals surface area (Å²) in [7, 11) is 0. The summed E-state index contributed by atoms with van der Waals surface area (Å²) in [5, 5.41) is 0. The molecule has 1 aromatic rings. The largest absolute Gasteiger partial charge is 0.466 e. The number of ether oxygens (including phenoxy) is 3. The predicted octanol–water partition coefficient (Wildman–Crippen LogP) is 2.54. The summed E-state index contributed by atoms with van der Waals surface area (Å²) in [6.07, 6.45) is 2.62. The Morgan fingerprint density at radius 3 is 2.80 bits per heavy atom. The van der Waals surface area contributed by atoms with E-state index in [4.69, 9.17) is 14.2 Å². The van der Waals surface area contributed by atoms with E-state index in [-0.39, 0.29) is 30.6 Å². The van der Waals surface area contributed by atoms with Crippen LogP contribution < -0.4 is 9.47 Å². The summed E-state index contributed by atoms with van der Waals surface area (Å²) in [5.41, 5.74) is 1.03. The van der Waals surface area contributed by atoms with Gasteiger partial charge in [-0.15, -0.1) is 0 Å². The molecule has 2 aliphatic heterocycles. The number of rotatable bonds is 5. The van der Waals surface area contributed by atoms with E-state index < -0.39 is 0 Å². The smallest absolute Gasteiger partial charge is 0.311 e. The van der Waals surface area contributed by atoms with Crippen molar-refractivity contribution >= 4 is 11.9 Å². The lowest BCUT2D eigenvalue weighted by Gasteiger charge is -2.40. The maximum atomic E-state index is 12.4. The lowest BCUT2D eigenvalue weighted by molar-refractivity contribution is -0.154. The maximum absolute atomic E-state index is 12.4. The van der Waals surface area contributed by atoms with Crippen LogP contribution in [0.15, 0.2) is 18.2 Å². The van der Waals surface area contributed by atoms with Crippen molar-refractivity contribution in [3.8, 4) is 11.5 Å². The molecule has 2 aliphatic rings. The Kier molecular flexibility index (Phi) is 5.46.